The molecule has 0 radical (unpaired) electrons. The Kier molecular flexibility index (Phi) is 32.5. The quantitative estimate of drug-likeness (QED) is 0.581. The van der Waals surface area contributed by atoms with Crippen LogP contribution in [0.15, 0.2) is 0 Å². The van der Waals surface area contributed by atoms with Crippen molar-refractivity contribution in [1.29, 1.82) is 5.26 Å². The summed E-state index contributed by atoms with van der Waals surface area (Å²) in [5.74, 6) is 0. The van der Waals surface area contributed by atoms with Crippen molar-refractivity contribution < 1.29 is 24.6 Å². The van der Waals surface area contributed by atoms with Gasteiger partial charge in [0.1, 0.15) is 0 Å². The van der Waals surface area contributed by atoms with Crippen LogP contribution in [0.2, 0.25) is 0 Å². The first-order valence-electron chi connectivity index (χ1n) is 1.20. The predicted octanol–water partition coefficient (Wildman–Crippen LogP) is 0.253. The van der Waals surface area contributed by atoms with Gasteiger partial charge in [-0.2, -0.15) is 5.26 Å². The van der Waals surface area contributed by atoms with E-state index in [1.54, 1.807) is 6.07 Å². The Balaban J connectivity index is 0. The molecule has 0 aromatic rings. The number of rotatable bonds is 0. The van der Waals surface area contributed by atoms with Gasteiger partial charge in [-0.15, -0.1) is 0 Å². The maximum atomic E-state index is 8.84. The standard InChI is InChI=1S/C2H3N.CHO.W/c1-2-3;1-2;/h1H3;1H;. The van der Waals surface area contributed by atoms with Gasteiger partial charge in [0, 0.05) is 6.92 Å². The first-order chi connectivity index (χ1) is 2.83. The molecule has 2 nitrogen and oxygen atoms in total. The van der Waals surface area contributed by atoms with Crippen LogP contribution in [0.5, 0.6) is 0 Å². The number of hydrogen-bond donors (Lipinski definition) is 0. The van der Waals surface area contributed by atoms with Gasteiger partial charge in [0.15, 0.2) is 0 Å². The van der Waals surface area contributed by atoms with Gasteiger partial charge >= 0.3 is 29.3 Å². The minimum atomic E-state index is 0.833. The first-order valence-corrected chi connectivity index (χ1v) is 2.89. The SMILES string of the molecule is CC#N.O=[CH][W]. The van der Waals surface area contributed by atoms with E-state index in [1.807, 2.05) is 0 Å². The van der Waals surface area contributed by atoms with Gasteiger partial charge in [-0.05, 0) is 0 Å². The zero-order valence-electron chi connectivity index (χ0n) is 3.34. The van der Waals surface area contributed by atoms with Crippen molar-refractivity contribution in [2.24, 2.45) is 0 Å². The van der Waals surface area contributed by atoms with Gasteiger partial charge in [-0.1, -0.05) is 0 Å². The van der Waals surface area contributed by atoms with Crippen molar-refractivity contribution in [3.8, 4) is 6.07 Å². The van der Waals surface area contributed by atoms with E-state index in [0.29, 0.717) is 0 Å². The minimum absolute atomic E-state index is 0.833. The molecule has 0 atom stereocenters. The van der Waals surface area contributed by atoms with E-state index in [4.69, 9.17) is 10.1 Å². The normalized spacial score (nSPS) is 3.33. The Bertz CT molecular complexity index is 56.3. The summed E-state index contributed by atoms with van der Waals surface area (Å²) in [5, 5.41) is 7.32. The monoisotopic (exact) mass is 254 g/mol. The van der Waals surface area contributed by atoms with Gasteiger partial charge in [0.2, 0.25) is 0 Å². The van der Waals surface area contributed by atoms with Gasteiger partial charge in [0.25, 0.3) is 0 Å². The zero-order chi connectivity index (χ0) is 5.41. The number of nitrogens with zero attached hydrogens (tertiary/aromatic N) is 1. The van der Waals surface area contributed by atoms with Crippen molar-refractivity contribution in [3.05, 3.63) is 0 Å². The average Bonchev–Trinajstić information content (AvgIpc) is 1.39. The zero-order valence-corrected chi connectivity index (χ0v) is 6.27. The first kappa shape index (κ1) is 9.28. The Hall–Kier alpha value is -0.152. The van der Waals surface area contributed by atoms with Crippen LogP contribution in [-0.4, -0.2) is 4.68 Å². The fraction of sp³-hybridized carbons (Fsp3) is 0.333. The molecule has 0 amide bonds. The second-order valence-electron chi connectivity index (χ2n) is 0.320. The summed E-state index contributed by atoms with van der Waals surface area (Å²) >= 11 is 0.991. The van der Waals surface area contributed by atoms with E-state index in [2.05, 4.69) is 0 Å². The summed E-state index contributed by atoms with van der Waals surface area (Å²) in [4.78, 5) is 8.84. The molecule has 0 N–H and O–H groups in total. The van der Waals surface area contributed by atoms with Crippen LogP contribution < -0.4 is 0 Å². The average molecular weight is 254 g/mol. The molecule has 0 fully saturated rings. The molecule has 0 unspecified atom stereocenters. The van der Waals surface area contributed by atoms with Crippen molar-refractivity contribution >= 4 is 4.68 Å². The van der Waals surface area contributed by atoms with E-state index in [1.165, 1.54) is 6.92 Å². The molecule has 0 heterocycles. The fourth-order valence-electron chi connectivity index (χ4n) is 0. The van der Waals surface area contributed by atoms with Crippen LogP contribution in [0, 0.1) is 11.3 Å². The van der Waals surface area contributed by atoms with Crippen molar-refractivity contribution in [1.82, 2.24) is 0 Å². The van der Waals surface area contributed by atoms with Gasteiger partial charge in [-0.3, -0.25) is 0 Å². The van der Waals surface area contributed by atoms with Crippen LogP contribution >= 0.6 is 0 Å². The molecule has 6 heavy (non-hydrogen) atoms. The summed E-state index contributed by atoms with van der Waals surface area (Å²) in [6.45, 7) is 1.43. The third-order valence-electron chi connectivity index (χ3n) is 0. The van der Waals surface area contributed by atoms with Crippen LogP contribution in [0.25, 0.3) is 0 Å². The molecule has 0 aliphatic rings. The second-order valence-corrected chi connectivity index (χ2v) is 1.01. The summed E-state index contributed by atoms with van der Waals surface area (Å²) in [7, 11) is 0. The molecule has 33 valence electrons. The summed E-state index contributed by atoms with van der Waals surface area (Å²) in [5.41, 5.74) is 0. The molecule has 0 aliphatic heterocycles. The molecule has 0 spiro atoms. The summed E-state index contributed by atoms with van der Waals surface area (Å²) in [6.07, 6.45) is 0. The molecule has 0 aromatic carbocycles. The Morgan fingerprint density at radius 2 is 2.00 bits per heavy atom. The second kappa shape index (κ2) is 21.0. The van der Waals surface area contributed by atoms with Gasteiger partial charge in [0.05, 0.1) is 6.07 Å². The van der Waals surface area contributed by atoms with Crippen molar-refractivity contribution in [3.63, 3.8) is 0 Å². The molecule has 0 saturated heterocycles. The third kappa shape index (κ3) is 1360. The number of carbonyl (C=O) groups is 1. The van der Waals surface area contributed by atoms with E-state index in [-0.39, 0.29) is 0 Å². The molecule has 0 aromatic heterocycles. The molecule has 0 bridgehead atoms. The molecular formula is C3H4NOW. The molecule has 0 rings (SSSR count). The summed E-state index contributed by atoms with van der Waals surface area (Å²) in [6, 6.07) is 1.75. The number of carbonyl (C=O) groups excluding carboxylic acids is 1. The van der Waals surface area contributed by atoms with Gasteiger partial charge in [-0.25, -0.2) is 0 Å². The summed E-state index contributed by atoms with van der Waals surface area (Å²) < 4.78 is 0.833. The van der Waals surface area contributed by atoms with Gasteiger partial charge < -0.3 is 0 Å². The fourth-order valence-corrected chi connectivity index (χ4v) is 0. The number of nitriles is 1. The Morgan fingerprint density at radius 3 is 2.00 bits per heavy atom. The Morgan fingerprint density at radius 1 is 2.00 bits per heavy atom. The van der Waals surface area contributed by atoms with Crippen molar-refractivity contribution in [2.75, 3.05) is 0 Å². The molecule has 3 heteroatoms. The van der Waals surface area contributed by atoms with E-state index in [0.717, 1.165) is 24.5 Å². The topological polar surface area (TPSA) is 40.9 Å². The van der Waals surface area contributed by atoms with E-state index < -0.39 is 0 Å². The van der Waals surface area contributed by atoms with E-state index >= 15 is 0 Å². The van der Waals surface area contributed by atoms with Crippen LogP contribution in [0.3, 0.4) is 0 Å². The van der Waals surface area contributed by atoms with Crippen LogP contribution in [0.4, 0.5) is 0 Å². The molecular weight excluding hydrogens is 250 g/mol. The molecule has 0 saturated carbocycles. The van der Waals surface area contributed by atoms with Crippen molar-refractivity contribution in [2.45, 2.75) is 6.92 Å². The maximum absolute atomic E-state index is 8.84. The van der Waals surface area contributed by atoms with Crippen LogP contribution in [0.1, 0.15) is 6.92 Å². The predicted molar refractivity (Wildman–Crippen MR) is 18.0 cm³/mol. The van der Waals surface area contributed by atoms with Crippen LogP contribution in [-0.2, 0) is 24.6 Å². The Labute approximate surface area is 48.1 Å². The third-order valence-corrected chi connectivity index (χ3v) is 0. The number of hydrogen-bond acceptors (Lipinski definition) is 2. The molecule has 0 aliphatic carbocycles. The van der Waals surface area contributed by atoms with E-state index in [9.17, 15) is 0 Å².